The van der Waals surface area contributed by atoms with Crippen LogP contribution in [0.4, 0.5) is 0 Å². The van der Waals surface area contributed by atoms with E-state index in [1.54, 1.807) is 0 Å². The van der Waals surface area contributed by atoms with E-state index in [4.69, 9.17) is 4.74 Å². The van der Waals surface area contributed by atoms with Crippen molar-refractivity contribution in [1.82, 2.24) is 10.2 Å². The number of aryl methyl sites for hydroxylation is 3. The smallest absolute Gasteiger partial charge is 0.237 e. The monoisotopic (exact) mass is 484 g/mol. The summed E-state index contributed by atoms with van der Waals surface area (Å²) in [4.78, 5) is 13.2. The molecule has 0 radical (unpaired) electrons. The quantitative estimate of drug-likeness (QED) is 0.386. The Kier molecular flexibility index (Phi) is 16.8. The molecule has 4 heteroatoms. The van der Waals surface area contributed by atoms with Gasteiger partial charge in [-0.05, 0) is 57.2 Å². The molecule has 35 heavy (non-hydrogen) atoms. The van der Waals surface area contributed by atoms with Crippen molar-refractivity contribution in [2.75, 3.05) is 13.6 Å². The third kappa shape index (κ3) is 11.3. The highest BCUT2D eigenvalue weighted by Crippen LogP contribution is 2.25. The zero-order valence-corrected chi connectivity index (χ0v) is 24.3. The van der Waals surface area contributed by atoms with Crippen LogP contribution in [0.5, 0.6) is 5.75 Å². The Bertz CT molecular complexity index is 812. The molecule has 0 saturated carbocycles. The lowest BCUT2D eigenvalue weighted by Gasteiger charge is -2.32. The highest BCUT2D eigenvalue weighted by atomic mass is 16.5. The lowest BCUT2D eigenvalue weighted by atomic mass is 10.0. The summed E-state index contributed by atoms with van der Waals surface area (Å²) in [6, 6.07) is 14.6. The van der Waals surface area contributed by atoms with Crippen molar-refractivity contribution < 1.29 is 9.53 Å². The minimum absolute atomic E-state index is 0.0924. The largest absolute Gasteiger partial charge is 0.488 e. The van der Waals surface area contributed by atoms with E-state index in [9.17, 15) is 4.79 Å². The molecule has 2 aromatic rings. The van der Waals surface area contributed by atoms with Crippen LogP contribution in [-0.4, -0.2) is 30.1 Å². The second kappa shape index (κ2) is 18.0. The van der Waals surface area contributed by atoms with Gasteiger partial charge in [0.25, 0.3) is 0 Å². The van der Waals surface area contributed by atoms with Gasteiger partial charge in [-0.3, -0.25) is 10.1 Å². The summed E-state index contributed by atoms with van der Waals surface area (Å²) < 4.78 is 5.91. The lowest BCUT2D eigenvalue weighted by Crippen LogP contribution is -2.47. The average Bonchev–Trinajstić information content (AvgIpc) is 3.12. The van der Waals surface area contributed by atoms with Crippen molar-refractivity contribution >= 4 is 5.91 Å². The zero-order valence-electron chi connectivity index (χ0n) is 24.3. The number of carbonyl (C=O) groups excluding carboxylic acids is 1. The summed E-state index contributed by atoms with van der Waals surface area (Å²) in [6.45, 7) is 19.8. The van der Waals surface area contributed by atoms with Gasteiger partial charge in [-0.1, -0.05) is 102 Å². The fourth-order valence-electron chi connectivity index (χ4n) is 4.05. The molecule has 1 amide bonds. The minimum atomic E-state index is -0.0924. The van der Waals surface area contributed by atoms with Gasteiger partial charge < -0.3 is 9.64 Å². The number of ether oxygens (including phenoxy) is 1. The first kappa shape index (κ1) is 32.7. The van der Waals surface area contributed by atoms with Gasteiger partial charge in [0.05, 0.1) is 12.2 Å². The second-order valence-electron chi connectivity index (χ2n) is 8.89. The van der Waals surface area contributed by atoms with E-state index in [-0.39, 0.29) is 11.6 Å². The van der Waals surface area contributed by atoms with E-state index < -0.39 is 0 Å². The van der Waals surface area contributed by atoms with Crippen molar-refractivity contribution in [1.29, 1.82) is 0 Å². The number of unbranched alkanes of at least 4 members (excludes halogenated alkanes) is 3. The summed E-state index contributed by atoms with van der Waals surface area (Å²) in [5.41, 5.74) is 4.81. The second-order valence-corrected chi connectivity index (χ2v) is 8.89. The molecule has 1 N–H and O–H groups in total. The third-order valence-electron chi connectivity index (χ3n) is 6.08. The number of hydrogen-bond donors (Lipinski definition) is 1. The van der Waals surface area contributed by atoms with Gasteiger partial charge in [0.2, 0.25) is 5.91 Å². The minimum Gasteiger partial charge on any atom is -0.488 e. The first-order chi connectivity index (χ1) is 16.8. The van der Waals surface area contributed by atoms with Gasteiger partial charge >= 0.3 is 0 Å². The van der Waals surface area contributed by atoms with Crippen LogP contribution in [0, 0.1) is 20.8 Å². The van der Waals surface area contributed by atoms with Crippen molar-refractivity contribution in [3.8, 4) is 5.75 Å². The van der Waals surface area contributed by atoms with Crippen LogP contribution >= 0.6 is 0 Å². The summed E-state index contributed by atoms with van der Waals surface area (Å²) in [5.74, 6) is 1.22. The molecule has 198 valence electrons. The van der Waals surface area contributed by atoms with E-state index in [2.05, 4.69) is 64.2 Å². The van der Waals surface area contributed by atoms with Crippen LogP contribution in [-0.2, 0) is 11.4 Å². The molecule has 1 aliphatic rings. The Morgan fingerprint density at radius 2 is 1.51 bits per heavy atom. The zero-order chi connectivity index (χ0) is 26.9. The Morgan fingerprint density at radius 1 is 0.943 bits per heavy atom. The fourth-order valence-corrected chi connectivity index (χ4v) is 4.05. The van der Waals surface area contributed by atoms with Gasteiger partial charge in [0, 0.05) is 7.05 Å². The third-order valence-corrected chi connectivity index (χ3v) is 6.08. The number of hydrogen-bond acceptors (Lipinski definition) is 3. The highest BCUT2D eigenvalue weighted by Gasteiger charge is 2.37. The maximum Gasteiger partial charge on any atom is 0.237 e. The molecule has 0 aliphatic carbocycles. The maximum atomic E-state index is 11.3. The first-order valence-corrected chi connectivity index (χ1v) is 13.5. The van der Waals surface area contributed by atoms with E-state index in [0.717, 1.165) is 12.2 Å². The number of likely N-dealkylation sites (N-methyl/N-ethyl adjacent to an activating group) is 1. The molecule has 3 rings (SSSR count). The Labute approximate surface area is 216 Å². The average molecular weight is 485 g/mol. The number of benzene rings is 2. The van der Waals surface area contributed by atoms with Gasteiger partial charge in [0.15, 0.2) is 0 Å². The molecular formula is C31H52N2O2. The Morgan fingerprint density at radius 3 is 2.00 bits per heavy atom. The van der Waals surface area contributed by atoms with Gasteiger partial charge in [-0.15, -0.1) is 0 Å². The Balaban J connectivity index is 0.000000587. The van der Waals surface area contributed by atoms with E-state index >= 15 is 0 Å². The molecule has 1 unspecified atom stereocenters. The Hall–Kier alpha value is -2.33. The van der Waals surface area contributed by atoms with Crippen LogP contribution in [0.15, 0.2) is 42.5 Å². The van der Waals surface area contributed by atoms with Crippen LogP contribution < -0.4 is 10.1 Å². The normalized spacial score (nSPS) is 16.3. The van der Waals surface area contributed by atoms with Crippen molar-refractivity contribution in [2.45, 2.75) is 107 Å². The number of amides is 1. The molecule has 2 aromatic carbocycles. The number of nitrogens with one attached hydrogen (secondary N) is 1. The van der Waals surface area contributed by atoms with Crippen LogP contribution in [0.3, 0.4) is 0 Å². The predicted molar refractivity (Wildman–Crippen MR) is 152 cm³/mol. The number of rotatable bonds is 8. The SMILES string of the molecule is CC.CC.CCCCCCC1(C)NCC(=O)N1C.Cc1cc(C)c(OCc2ccccc2)c(C)c1. The summed E-state index contributed by atoms with van der Waals surface area (Å²) >= 11 is 0. The number of carbonyl (C=O) groups is 1. The first-order valence-electron chi connectivity index (χ1n) is 13.5. The van der Waals surface area contributed by atoms with Crippen LogP contribution in [0.2, 0.25) is 0 Å². The molecule has 1 atom stereocenters. The van der Waals surface area contributed by atoms with Crippen molar-refractivity contribution in [3.63, 3.8) is 0 Å². The molecule has 0 spiro atoms. The van der Waals surface area contributed by atoms with E-state index in [1.165, 1.54) is 47.9 Å². The molecule has 1 aliphatic heterocycles. The molecule has 4 nitrogen and oxygen atoms in total. The van der Waals surface area contributed by atoms with Gasteiger partial charge in [-0.25, -0.2) is 0 Å². The lowest BCUT2D eigenvalue weighted by molar-refractivity contribution is -0.128. The molecule has 1 fully saturated rings. The molecule has 1 saturated heterocycles. The van der Waals surface area contributed by atoms with E-state index in [1.807, 2.05) is 57.8 Å². The van der Waals surface area contributed by atoms with Crippen molar-refractivity contribution in [2.24, 2.45) is 0 Å². The topological polar surface area (TPSA) is 41.6 Å². The summed E-state index contributed by atoms with van der Waals surface area (Å²) in [5, 5.41) is 3.29. The summed E-state index contributed by atoms with van der Waals surface area (Å²) in [7, 11) is 1.89. The molecular weight excluding hydrogens is 432 g/mol. The van der Waals surface area contributed by atoms with Crippen molar-refractivity contribution in [3.05, 3.63) is 64.7 Å². The standard InChI is InChI=1S/C16H18O.C11H22N2O.2C2H6/c1-12-9-13(2)16(14(3)10-12)17-11-15-7-5-4-6-8-15;1-4-5-6-7-8-11(2)12-9-10(14)13(11)3;2*1-2/h4-10H,11H2,1-3H3;12H,4-9H2,1-3H3;2*1-2H3. The fraction of sp³-hybridized carbons (Fsp3) is 0.581. The van der Waals surface area contributed by atoms with E-state index in [0.29, 0.717) is 13.2 Å². The van der Waals surface area contributed by atoms with Crippen LogP contribution in [0.25, 0.3) is 0 Å². The molecule has 0 bridgehead atoms. The number of nitrogens with zero attached hydrogens (tertiary/aromatic N) is 1. The van der Waals surface area contributed by atoms with Crippen LogP contribution in [0.1, 0.15) is 95.9 Å². The van der Waals surface area contributed by atoms with Gasteiger partial charge in [0.1, 0.15) is 12.4 Å². The predicted octanol–water partition coefficient (Wildman–Crippen LogP) is 7.98. The van der Waals surface area contributed by atoms with Gasteiger partial charge in [-0.2, -0.15) is 0 Å². The molecule has 0 aromatic heterocycles. The highest BCUT2D eigenvalue weighted by molar-refractivity contribution is 5.81. The maximum absolute atomic E-state index is 11.3. The summed E-state index contributed by atoms with van der Waals surface area (Å²) in [6.07, 6.45) is 6.10. The molecule has 1 heterocycles.